The van der Waals surface area contributed by atoms with Gasteiger partial charge >= 0.3 is 0 Å². The van der Waals surface area contributed by atoms with Gasteiger partial charge in [-0.2, -0.15) is 0 Å². The van der Waals surface area contributed by atoms with Crippen molar-refractivity contribution in [1.29, 1.82) is 0 Å². The van der Waals surface area contributed by atoms with Crippen LogP contribution in [0.3, 0.4) is 0 Å². The van der Waals surface area contributed by atoms with Crippen LogP contribution in [-0.2, 0) is 6.54 Å². The number of nitrogens with zero attached hydrogens (tertiary/aromatic N) is 2. The molecule has 1 aliphatic carbocycles. The molecule has 1 unspecified atom stereocenters. The summed E-state index contributed by atoms with van der Waals surface area (Å²) >= 11 is 6.22. The van der Waals surface area contributed by atoms with Crippen molar-refractivity contribution in [3.63, 3.8) is 0 Å². The van der Waals surface area contributed by atoms with Crippen LogP contribution in [0.5, 0.6) is 0 Å². The molecule has 3 nitrogen and oxygen atoms in total. The summed E-state index contributed by atoms with van der Waals surface area (Å²) in [5.41, 5.74) is 2.75. The predicted octanol–water partition coefficient (Wildman–Crippen LogP) is 2.88. The van der Waals surface area contributed by atoms with Crippen molar-refractivity contribution in [2.45, 2.75) is 44.3 Å². The maximum Gasteiger partial charge on any atom is 0.0413 e. The number of hydrogen-bond donors (Lipinski definition) is 1. The molecule has 0 spiro atoms. The molecule has 4 heteroatoms. The SMILES string of the molecule is Clc1ccc(N2CCN3CCCC3C2)c(CNC2CC2)c1. The van der Waals surface area contributed by atoms with Crippen molar-refractivity contribution in [2.24, 2.45) is 0 Å². The number of nitrogens with one attached hydrogen (secondary N) is 1. The van der Waals surface area contributed by atoms with E-state index in [0.717, 1.165) is 30.2 Å². The van der Waals surface area contributed by atoms with Gasteiger partial charge in [0, 0.05) is 49.0 Å². The number of hydrogen-bond acceptors (Lipinski definition) is 3. The Hall–Kier alpha value is -0.770. The van der Waals surface area contributed by atoms with E-state index >= 15 is 0 Å². The molecule has 2 heterocycles. The van der Waals surface area contributed by atoms with E-state index in [1.807, 2.05) is 6.07 Å². The Labute approximate surface area is 132 Å². The Morgan fingerprint density at radius 2 is 2.05 bits per heavy atom. The molecule has 3 fully saturated rings. The van der Waals surface area contributed by atoms with Crippen LogP contribution in [0.25, 0.3) is 0 Å². The molecular formula is C17H24ClN3. The molecule has 1 atom stereocenters. The average Bonchev–Trinajstić information content (AvgIpc) is 3.20. The van der Waals surface area contributed by atoms with E-state index < -0.39 is 0 Å². The van der Waals surface area contributed by atoms with Gasteiger partial charge in [-0.3, -0.25) is 4.90 Å². The maximum atomic E-state index is 6.22. The van der Waals surface area contributed by atoms with Crippen LogP contribution in [0.2, 0.25) is 5.02 Å². The number of piperazine rings is 1. The van der Waals surface area contributed by atoms with Gasteiger partial charge in [-0.25, -0.2) is 0 Å². The number of halogens is 1. The number of fused-ring (bicyclic) bond motifs is 1. The standard InChI is InChI=1S/C17H24ClN3/c18-14-3-6-17(13(10-14)11-19-15-4-5-15)21-9-8-20-7-1-2-16(20)12-21/h3,6,10,15-16,19H,1-2,4-5,7-9,11-12H2. The monoisotopic (exact) mass is 305 g/mol. The minimum Gasteiger partial charge on any atom is -0.368 e. The third-order valence-corrected chi connectivity index (χ3v) is 5.36. The van der Waals surface area contributed by atoms with E-state index in [1.54, 1.807) is 0 Å². The first-order chi connectivity index (χ1) is 10.3. The third kappa shape index (κ3) is 3.05. The van der Waals surface area contributed by atoms with Crippen molar-refractivity contribution in [1.82, 2.24) is 10.2 Å². The lowest BCUT2D eigenvalue weighted by Gasteiger charge is -2.39. The van der Waals surface area contributed by atoms with Gasteiger partial charge in [0.2, 0.25) is 0 Å². The highest BCUT2D eigenvalue weighted by Crippen LogP contribution is 2.30. The minimum absolute atomic E-state index is 0.739. The third-order valence-electron chi connectivity index (χ3n) is 5.13. The molecule has 21 heavy (non-hydrogen) atoms. The van der Waals surface area contributed by atoms with Crippen LogP contribution in [0.1, 0.15) is 31.2 Å². The highest BCUT2D eigenvalue weighted by Gasteiger charge is 2.31. The molecule has 0 amide bonds. The normalized spacial score (nSPS) is 26.1. The topological polar surface area (TPSA) is 18.5 Å². The van der Waals surface area contributed by atoms with E-state index in [0.29, 0.717) is 0 Å². The zero-order valence-corrected chi connectivity index (χ0v) is 13.3. The molecule has 0 radical (unpaired) electrons. The lowest BCUT2D eigenvalue weighted by Crippen LogP contribution is -2.50. The van der Waals surface area contributed by atoms with Gasteiger partial charge in [0.05, 0.1) is 0 Å². The van der Waals surface area contributed by atoms with Crippen molar-refractivity contribution < 1.29 is 0 Å². The van der Waals surface area contributed by atoms with Crippen LogP contribution in [0, 0.1) is 0 Å². The lowest BCUT2D eigenvalue weighted by molar-refractivity contribution is 0.231. The van der Waals surface area contributed by atoms with Gasteiger partial charge in [0.15, 0.2) is 0 Å². The molecule has 4 rings (SSSR count). The smallest absolute Gasteiger partial charge is 0.0413 e. The molecule has 1 saturated carbocycles. The molecule has 2 saturated heterocycles. The Kier molecular flexibility index (Phi) is 3.82. The summed E-state index contributed by atoms with van der Waals surface area (Å²) in [5, 5.41) is 4.48. The molecule has 2 aliphatic heterocycles. The van der Waals surface area contributed by atoms with Gasteiger partial charge in [-0.1, -0.05) is 11.6 Å². The van der Waals surface area contributed by atoms with E-state index in [4.69, 9.17) is 11.6 Å². The summed E-state index contributed by atoms with van der Waals surface area (Å²) in [5.74, 6) is 0. The van der Waals surface area contributed by atoms with Gasteiger partial charge in [-0.05, 0) is 56.0 Å². The van der Waals surface area contributed by atoms with E-state index in [1.165, 1.54) is 56.6 Å². The van der Waals surface area contributed by atoms with Crippen molar-refractivity contribution in [3.8, 4) is 0 Å². The van der Waals surface area contributed by atoms with E-state index in [-0.39, 0.29) is 0 Å². The summed E-state index contributed by atoms with van der Waals surface area (Å²) in [6, 6.07) is 7.91. The number of anilines is 1. The molecule has 114 valence electrons. The summed E-state index contributed by atoms with van der Waals surface area (Å²) in [6.07, 6.45) is 5.39. The molecular weight excluding hydrogens is 282 g/mol. The van der Waals surface area contributed by atoms with Crippen LogP contribution in [0.4, 0.5) is 5.69 Å². The summed E-state index contributed by atoms with van der Waals surface area (Å²) in [4.78, 5) is 5.24. The summed E-state index contributed by atoms with van der Waals surface area (Å²) in [7, 11) is 0. The maximum absolute atomic E-state index is 6.22. The Balaban J connectivity index is 1.52. The van der Waals surface area contributed by atoms with Crippen molar-refractivity contribution in [2.75, 3.05) is 31.1 Å². The summed E-state index contributed by atoms with van der Waals surface area (Å²) in [6.45, 7) is 5.79. The zero-order chi connectivity index (χ0) is 14.2. The van der Waals surface area contributed by atoms with Gasteiger partial charge in [0.1, 0.15) is 0 Å². The zero-order valence-electron chi connectivity index (χ0n) is 12.5. The second-order valence-corrected chi connectivity index (χ2v) is 7.14. The minimum atomic E-state index is 0.739. The first-order valence-corrected chi connectivity index (χ1v) is 8.68. The fourth-order valence-electron chi connectivity index (χ4n) is 3.76. The first kappa shape index (κ1) is 13.9. The number of benzene rings is 1. The van der Waals surface area contributed by atoms with Gasteiger partial charge < -0.3 is 10.2 Å². The predicted molar refractivity (Wildman–Crippen MR) is 88.1 cm³/mol. The van der Waals surface area contributed by atoms with Crippen LogP contribution in [0.15, 0.2) is 18.2 Å². The van der Waals surface area contributed by atoms with E-state index in [9.17, 15) is 0 Å². The van der Waals surface area contributed by atoms with Crippen LogP contribution < -0.4 is 10.2 Å². The number of rotatable bonds is 4. The fourth-order valence-corrected chi connectivity index (χ4v) is 3.95. The molecule has 1 aromatic carbocycles. The van der Waals surface area contributed by atoms with Gasteiger partial charge in [-0.15, -0.1) is 0 Å². The molecule has 0 bridgehead atoms. The largest absolute Gasteiger partial charge is 0.368 e. The Morgan fingerprint density at radius 1 is 1.14 bits per heavy atom. The fraction of sp³-hybridized carbons (Fsp3) is 0.647. The van der Waals surface area contributed by atoms with Crippen LogP contribution in [-0.4, -0.2) is 43.2 Å². The van der Waals surface area contributed by atoms with Crippen LogP contribution >= 0.6 is 11.6 Å². The Morgan fingerprint density at radius 3 is 2.90 bits per heavy atom. The van der Waals surface area contributed by atoms with Gasteiger partial charge in [0.25, 0.3) is 0 Å². The lowest BCUT2D eigenvalue weighted by atomic mass is 10.1. The highest BCUT2D eigenvalue weighted by atomic mass is 35.5. The molecule has 1 aromatic rings. The second kappa shape index (κ2) is 5.79. The first-order valence-electron chi connectivity index (χ1n) is 8.30. The molecule has 3 aliphatic rings. The highest BCUT2D eigenvalue weighted by molar-refractivity contribution is 6.30. The quantitative estimate of drug-likeness (QED) is 0.923. The molecule has 0 aromatic heterocycles. The molecule has 1 N–H and O–H groups in total. The Bertz CT molecular complexity index is 515. The van der Waals surface area contributed by atoms with Crippen molar-refractivity contribution >= 4 is 17.3 Å². The van der Waals surface area contributed by atoms with Crippen molar-refractivity contribution in [3.05, 3.63) is 28.8 Å². The summed E-state index contributed by atoms with van der Waals surface area (Å²) < 4.78 is 0. The average molecular weight is 306 g/mol. The van der Waals surface area contributed by atoms with E-state index in [2.05, 4.69) is 27.2 Å². The second-order valence-electron chi connectivity index (χ2n) is 6.71.